The molecule has 17 heavy (non-hydrogen) atoms. The minimum Gasteiger partial charge on any atom is -0.350 e. The van der Waals surface area contributed by atoms with Crippen LogP contribution in [0.4, 0.5) is 0 Å². The predicted molar refractivity (Wildman–Crippen MR) is 68.3 cm³/mol. The molecule has 1 amide bonds. The van der Waals surface area contributed by atoms with Gasteiger partial charge in [0, 0.05) is 24.9 Å². The highest BCUT2D eigenvalue weighted by Crippen LogP contribution is 2.10. The molecule has 4 nitrogen and oxygen atoms in total. The van der Waals surface area contributed by atoms with Crippen molar-refractivity contribution in [1.29, 1.82) is 0 Å². The molecular formula is C13H21N3O. The van der Waals surface area contributed by atoms with Crippen LogP contribution in [0.3, 0.4) is 0 Å². The molecule has 1 rings (SSSR count). The average molecular weight is 235 g/mol. The number of hydrogen-bond donors (Lipinski definition) is 2. The van der Waals surface area contributed by atoms with Crippen molar-refractivity contribution >= 4 is 5.91 Å². The minimum absolute atomic E-state index is 0.0285. The number of pyridine rings is 1. The van der Waals surface area contributed by atoms with Crippen molar-refractivity contribution in [3.05, 3.63) is 30.1 Å². The molecule has 0 spiro atoms. The molecule has 4 heteroatoms. The summed E-state index contributed by atoms with van der Waals surface area (Å²) < 4.78 is 0. The number of hydrogen-bond acceptors (Lipinski definition) is 3. The van der Waals surface area contributed by atoms with Crippen LogP contribution in [0.5, 0.6) is 0 Å². The molecule has 94 valence electrons. The van der Waals surface area contributed by atoms with Gasteiger partial charge >= 0.3 is 0 Å². The smallest absolute Gasteiger partial charge is 0.220 e. The van der Waals surface area contributed by atoms with Crippen LogP contribution >= 0.6 is 0 Å². The van der Waals surface area contributed by atoms with Gasteiger partial charge in [-0.3, -0.25) is 9.78 Å². The van der Waals surface area contributed by atoms with Crippen LogP contribution < -0.4 is 11.1 Å². The molecule has 0 aromatic carbocycles. The summed E-state index contributed by atoms with van der Waals surface area (Å²) in [6, 6.07) is 4.01. The molecule has 0 saturated carbocycles. The van der Waals surface area contributed by atoms with Gasteiger partial charge in [0.2, 0.25) is 5.91 Å². The van der Waals surface area contributed by atoms with E-state index < -0.39 is 0 Å². The van der Waals surface area contributed by atoms with Crippen molar-refractivity contribution in [3.8, 4) is 0 Å². The Bertz CT molecular complexity index is 338. The van der Waals surface area contributed by atoms with Gasteiger partial charge in [-0.1, -0.05) is 0 Å². The zero-order chi connectivity index (χ0) is 12.7. The van der Waals surface area contributed by atoms with E-state index in [0.717, 1.165) is 18.4 Å². The molecule has 0 aliphatic heterocycles. The van der Waals surface area contributed by atoms with Gasteiger partial charge in [-0.15, -0.1) is 0 Å². The molecule has 1 aromatic rings. The number of nitrogens with zero attached hydrogens (tertiary/aromatic N) is 1. The van der Waals surface area contributed by atoms with Gasteiger partial charge in [-0.25, -0.2) is 0 Å². The number of carbonyl (C=O) groups is 1. The number of aromatic nitrogens is 1. The first-order chi connectivity index (χ1) is 8.09. The fourth-order valence-corrected chi connectivity index (χ4v) is 1.63. The predicted octanol–water partition coefficient (Wildman–Crippen LogP) is 1.78. The highest BCUT2D eigenvalue weighted by Gasteiger charge is 2.09. The number of nitrogens with two attached hydrogens (primary N) is 1. The van der Waals surface area contributed by atoms with E-state index in [1.165, 1.54) is 0 Å². The average Bonchev–Trinajstić information content (AvgIpc) is 2.29. The summed E-state index contributed by atoms with van der Waals surface area (Å²) in [6.45, 7) is 3.93. The Kier molecular flexibility index (Phi) is 5.63. The van der Waals surface area contributed by atoms with E-state index in [1.807, 2.05) is 26.0 Å². The van der Waals surface area contributed by atoms with Crippen LogP contribution in [-0.4, -0.2) is 16.9 Å². The van der Waals surface area contributed by atoms with Gasteiger partial charge in [0.1, 0.15) is 0 Å². The number of amides is 1. The molecule has 3 N–H and O–H groups in total. The highest BCUT2D eigenvalue weighted by molar-refractivity contribution is 5.76. The highest BCUT2D eigenvalue weighted by atomic mass is 16.1. The normalized spacial score (nSPS) is 14.1. The monoisotopic (exact) mass is 235 g/mol. The number of carbonyl (C=O) groups excluding carboxylic acids is 1. The van der Waals surface area contributed by atoms with Gasteiger partial charge in [-0.2, -0.15) is 0 Å². The van der Waals surface area contributed by atoms with Gasteiger partial charge in [0.05, 0.1) is 6.04 Å². The van der Waals surface area contributed by atoms with Crippen LogP contribution in [0.1, 0.15) is 44.7 Å². The zero-order valence-electron chi connectivity index (χ0n) is 10.5. The third kappa shape index (κ3) is 5.45. The third-order valence-electron chi connectivity index (χ3n) is 2.65. The number of nitrogens with one attached hydrogen (secondary N) is 1. The lowest BCUT2D eigenvalue weighted by Gasteiger charge is -2.14. The zero-order valence-corrected chi connectivity index (χ0v) is 10.5. The quantitative estimate of drug-likeness (QED) is 0.789. The molecule has 2 unspecified atom stereocenters. The maximum absolute atomic E-state index is 11.6. The maximum atomic E-state index is 11.6. The van der Waals surface area contributed by atoms with Gasteiger partial charge in [0.15, 0.2) is 0 Å². The molecule has 2 atom stereocenters. The first kappa shape index (κ1) is 13.6. The SMILES string of the molecule is CC(N)CCCC(=O)NC(C)c1ccncc1. The Balaban J connectivity index is 2.31. The van der Waals surface area contributed by atoms with E-state index in [0.29, 0.717) is 6.42 Å². The van der Waals surface area contributed by atoms with Crippen LogP contribution in [0, 0.1) is 0 Å². The molecule has 0 radical (unpaired) electrons. The van der Waals surface area contributed by atoms with Gasteiger partial charge in [-0.05, 0) is 44.4 Å². The summed E-state index contributed by atoms with van der Waals surface area (Å²) in [7, 11) is 0. The van der Waals surface area contributed by atoms with E-state index >= 15 is 0 Å². The van der Waals surface area contributed by atoms with E-state index in [-0.39, 0.29) is 18.0 Å². The Morgan fingerprint density at radius 3 is 2.65 bits per heavy atom. The minimum atomic E-state index is 0.0285. The van der Waals surface area contributed by atoms with Gasteiger partial charge in [0.25, 0.3) is 0 Å². The lowest BCUT2D eigenvalue weighted by atomic mass is 10.1. The van der Waals surface area contributed by atoms with E-state index in [2.05, 4.69) is 10.3 Å². The second-order valence-corrected chi connectivity index (χ2v) is 4.44. The molecule has 0 aliphatic carbocycles. The second kappa shape index (κ2) is 7.01. The molecule has 0 aliphatic rings. The lowest BCUT2D eigenvalue weighted by molar-refractivity contribution is -0.121. The molecular weight excluding hydrogens is 214 g/mol. The Morgan fingerprint density at radius 2 is 2.06 bits per heavy atom. The standard InChI is InChI=1S/C13H21N3O/c1-10(14)4-3-5-13(17)16-11(2)12-6-8-15-9-7-12/h6-11H,3-5,14H2,1-2H3,(H,16,17). The van der Waals surface area contributed by atoms with Crippen LogP contribution in [-0.2, 0) is 4.79 Å². The Labute approximate surface area is 103 Å². The molecule has 1 aromatic heterocycles. The van der Waals surface area contributed by atoms with Crippen molar-refractivity contribution in [1.82, 2.24) is 10.3 Å². The van der Waals surface area contributed by atoms with Crippen molar-refractivity contribution in [2.75, 3.05) is 0 Å². The first-order valence-electron chi connectivity index (χ1n) is 6.04. The van der Waals surface area contributed by atoms with E-state index in [9.17, 15) is 4.79 Å². The first-order valence-corrected chi connectivity index (χ1v) is 6.04. The van der Waals surface area contributed by atoms with Crippen molar-refractivity contribution in [2.45, 2.75) is 45.2 Å². The van der Waals surface area contributed by atoms with Crippen molar-refractivity contribution < 1.29 is 4.79 Å². The number of rotatable bonds is 6. The summed E-state index contributed by atoms with van der Waals surface area (Å²) in [5.41, 5.74) is 6.70. The largest absolute Gasteiger partial charge is 0.350 e. The van der Waals surface area contributed by atoms with Crippen molar-refractivity contribution in [2.24, 2.45) is 5.73 Å². The molecule has 1 heterocycles. The molecule has 0 fully saturated rings. The summed E-state index contributed by atoms with van der Waals surface area (Å²) in [4.78, 5) is 15.6. The topological polar surface area (TPSA) is 68.0 Å². The van der Waals surface area contributed by atoms with Gasteiger partial charge < -0.3 is 11.1 Å². The summed E-state index contributed by atoms with van der Waals surface area (Å²) in [5.74, 6) is 0.0787. The third-order valence-corrected chi connectivity index (χ3v) is 2.65. The Hall–Kier alpha value is -1.42. The maximum Gasteiger partial charge on any atom is 0.220 e. The van der Waals surface area contributed by atoms with Crippen LogP contribution in [0.15, 0.2) is 24.5 Å². The fourth-order valence-electron chi connectivity index (χ4n) is 1.63. The van der Waals surface area contributed by atoms with Crippen LogP contribution in [0.25, 0.3) is 0 Å². The molecule has 0 saturated heterocycles. The second-order valence-electron chi connectivity index (χ2n) is 4.44. The van der Waals surface area contributed by atoms with Crippen molar-refractivity contribution in [3.63, 3.8) is 0 Å². The lowest BCUT2D eigenvalue weighted by Crippen LogP contribution is -2.26. The fraction of sp³-hybridized carbons (Fsp3) is 0.538. The summed E-state index contributed by atoms with van der Waals surface area (Å²) in [6.07, 6.45) is 5.72. The van der Waals surface area contributed by atoms with Crippen LogP contribution in [0.2, 0.25) is 0 Å². The van der Waals surface area contributed by atoms with E-state index in [1.54, 1.807) is 12.4 Å². The summed E-state index contributed by atoms with van der Waals surface area (Å²) in [5, 5.41) is 2.96. The van der Waals surface area contributed by atoms with E-state index in [4.69, 9.17) is 5.73 Å². The molecule has 0 bridgehead atoms. The Morgan fingerprint density at radius 1 is 1.41 bits per heavy atom. The summed E-state index contributed by atoms with van der Waals surface area (Å²) >= 11 is 0.